The van der Waals surface area contributed by atoms with Gasteiger partial charge in [-0.05, 0) is 53.6 Å². The van der Waals surface area contributed by atoms with Gasteiger partial charge in [-0.15, -0.1) is 0 Å². The number of hydrogen-bond donors (Lipinski definition) is 2. The first kappa shape index (κ1) is 30.4. The van der Waals surface area contributed by atoms with Crippen LogP contribution in [-0.4, -0.2) is 83.7 Å². The molecular formula is C31H34F5N3O3. The molecular weight excluding hydrogens is 557 g/mol. The number of piperazine rings is 1. The molecule has 0 saturated carbocycles. The number of rotatable bonds is 9. The molecule has 6 nitrogen and oxygen atoms in total. The van der Waals surface area contributed by atoms with Crippen LogP contribution in [0, 0.1) is 11.6 Å². The molecule has 0 aromatic heterocycles. The number of nitrogens with zero attached hydrogens (tertiary/aromatic N) is 3. The molecule has 0 spiro atoms. The molecule has 2 aliphatic rings. The summed E-state index contributed by atoms with van der Waals surface area (Å²) in [6.45, 7) is 2.74. The summed E-state index contributed by atoms with van der Waals surface area (Å²) in [7, 11) is 0. The van der Waals surface area contributed by atoms with Crippen LogP contribution in [0.25, 0.3) is 0 Å². The van der Waals surface area contributed by atoms with Crippen molar-refractivity contribution in [3.63, 3.8) is 0 Å². The zero-order valence-corrected chi connectivity index (χ0v) is 22.9. The van der Waals surface area contributed by atoms with E-state index in [0.29, 0.717) is 51.5 Å². The minimum absolute atomic E-state index is 0.346. The number of ether oxygens (including phenoxy) is 1. The summed E-state index contributed by atoms with van der Waals surface area (Å²) in [6, 6.07) is 17.1. The number of alkyl halides is 3. The Morgan fingerprint density at radius 3 is 1.90 bits per heavy atom. The largest absolute Gasteiger partial charge is 0.416 e. The molecule has 5 rings (SSSR count). The standard InChI is InChI=1S/C31H34F5N3O3/c32-24-8-4-21(5-9-24)17-37(18-22-6-10-25(33)11-7-22)19-27-29(30(41)28(20-40)42-27)39-14-12-38(13-15-39)26-3-1-2-23(16-26)31(34,35)36/h1-11,16,27-30,40-41H,12-15,17-20H2. The van der Waals surface area contributed by atoms with Gasteiger partial charge >= 0.3 is 6.18 Å². The van der Waals surface area contributed by atoms with Gasteiger partial charge in [0, 0.05) is 51.5 Å². The molecule has 3 aromatic carbocycles. The van der Waals surface area contributed by atoms with Gasteiger partial charge in [-0.1, -0.05) is 30.3 Å². The fourth-order valence-electron chi connectivity index (χ4n) is 5.87. The first-order chi connectivity index (χ1) is 20.1. The van der Waals surface area contributed by atoms with Gasteiger partial charge in [-0.2, -0.15) is 13.2 Å². The molecule has 0 amide bonds. The normalized spacial score (nSPS) is 23.6. The van der Waals surface area contributed by atoms with Crippen molar-refractivity contribution in [1.82, 2.24) is 9.80 Å². The van der Waals surface area contributed by atoms with Crippen molar-refractivity contribution in [3.05, 3.63) is 101 Å². The predicted molar refractivity (Wildman–Crippen MR) is 148 cm³/mol. The summed E-state index contributed by atoms with van der Waals surface area (Å²) in [6.07, 6.45) is -6.69. The molecule has 2 heterocycles. The topological polar surface area (TPSA) is 59.4 Å². The average molecular weight is 592 g/mol. The molecule has 11 heteroatoms. The van der Waals surface area contributed by atoms with Gasteiger partial charge in [0.15, 0.2) is 0 Å². The van der Waals surface area contributed by atoms with Crippen LogP contribution < -0.4 is 4.90 Å². The number of aliphatic hydroxyl groups is 2. The van der Waals surface area contributed by atoms with Gasteiger partial charge in [0.1, 0.15) is 23.8 Å². The van der Waals surface area contributed by atoms with E-state index >= 15 is 0 Å². The van der Waals surface area contributed by atoms with Crippen molar-refractivity contribution in [3.8, 4) is 0 Å². The van der Waals surface area contributed by atoms with Crippen LogP contribution in [0.15, 0.2) is 72.8 Å². The summed E-state index contributed by atoms with van der Waals surface area (Å²) in [4.78, 5) is 6.04. The Morgan fingerprint density at radius 2 is 1.38 bits per heavy atom. The summed E-state index contributed by atoms with van der Waals surface area (Å²) < 4.78 is 73.0. The fraction of sp³-hybridized carbons (Fsp3) is 0.419. The van der Waals surface area contributed by atoms with E-state index in [1.807, 2.05) is 4.90 Å². The maximum Gasteiger partial charge on any atom is 0.416 e. The number of anilines is 1. The molecule has 2 saturated heterocycles. The molecule has 4 unspecified atom stereocenters. The number of hydrogen-bond acceptors (Lipinski definition) is 6. The van der Waals surface area contributed by atoms with Crippen molar-refractivity contribution in [2.24, 2.45) is 0 Å². The van der Waals surface area contributed by atoms with E-state index in [9.17, 15) is 32.2 Å². The Kier molecular flexibility index (Phi) is 9.44. The first-order valence-corrected chi connectivity index (χ1v) is 13.9. The smallest absolute Gasteiger partial charge is 0.394 e. The Hall–Kier alpha value is -3.09. The molecule has 2 fully saturated rings. The molecule has 226 valence electrons. The van der Waals surface area contributed by atoms with Crippen molar-refractivity contribution >= 4 is 5.69 Å². The SMILES string of the molecule is OCC1OC(CN(Cc2ccc(F)cc2)Cc2ccc(F)cc2)C(N2CCN(c3cccc(C(F)(F)F)c3)CC2)C1O. The lowest BCUT2D eigenvalue weighted by Crippen LogP contribution is -2.57. The molecule has 0 aliphatic carbocycles. The van der Waals surface area contributed by atoms with E-state index in [2.05, 4.69) is 9.80 Å². The lowest BCUT2D eigenvalue weighted by molar-refractivity contribution is -0.137. The molecule has 3 aromatic rings. The summed E-state index contributed by atoms with van der Waals surface area (Å²) in [5.74, 6) is -0.692. The lowest BCUT2D eigenvalue weighted by atomic mass is 10.0. The van der Waals surface area contributed by atoms with E-state index in [1.54, 1.807) is 30.3 Å². The van der Waals surface area contributed by atoms with Gasteiger partial charge in [-0.3, -0.25) is 9.80 Å². The van der Waals surface area contributed by atoms with Gasteiger partial charge in [0.05, 0.1) is 24.3 Å². The highest BCUT2D eigenvalue weighted by Gasteiger charge is 2.47. The molecule has 2 aliphatic heterocycles. The zero-order valence-electron chi connectivity index (χ0n) is 22.9. The van der Waals surface area contributed by atoms with Crippen molar-refractivity contribution in [1.29, 1.82) is 0 Å². The van der Waals surface area contributed by atoms with Crippen LogP contribution in [0.2, 0.25) is 0 Å². The van der Waals surface area contributed by atoms with E-state index in [0.717, 1.165) is 23.3 Å². The fourth-order valence-corrected chi connectivity index (χ4v) is 5.87. The van der Waals surface area contributed by atoms with Gasteiger partial charge in [0.25, 0.3) is 0 Å². The van der Waals surface area contributed by atoms with E-state index in [-0.39, 0.29) is 18.2 Å². The van der Waals surface area contributed by atoms with Crippen LogP contribution in [0.4, 0.5) is 27.6 Å². The second-order valence-corrected chi connectivity index (χ2v) is 10.9. The first-order valence-electron chi connectivity index (χ1n) is 13.9. The maximum absolute atomic E-state index is 13.5. The van der Waals surface area contributed by atoms with E-state index < -0.39 is 36.1 Å². The third-order valence-corrected chi connectivity index (χ3v) is 7.99. The van der Waals surface area contributed by atoms with Crippen LogP contribution in [-0.2, 0) is 24.0 Å². The Balaban J connectivity index is 1.31. The highest BCUT2D eigenvalue weighted by atomic mass is 19.4. The molecule has 0 radical (unpaired) electrons. The van der Waals surface area contributed by atoms with E-state index in [1.165, 1.54) is 30.3 Å². The predicted octanol–water partition coefficient (Wildman–Crippen LogP) is 4.30. The number of halogens is 5. The van der Waals surface area contributed by atoms with Crippen molar-refractivity contribution < 1.29 is 36.9 Å². The highest BCUT2D eigenvalue weighted by molar-refractivity contribution is 5.49. The van der Waals surface area contributed by atoms with Crippen LogP contribution in [0.5, 0.6) is 0 Å². The lowest BCUT2D eigenvalue weighted by Gasteiger charge is -2.42. The van der Waals surface area contributed by atoms with Crippen molar-refractivity contribution in [2.45, 2.75) is 43.6 Å². The summed E-state index contributed by atoms with van der Waals surface area (Å²) in [5, 5.41) is 21.1. The van der Waals surface area contributed by atoms with Crippen LogP contribution >= 0.6 is 0 Å². The second kappa shape index (κ2) is 13.0. The summed E-state index contributed by atoms with van der Waals surface area (Å²) >= 11 is 0. The maximum atomic E-state index is 13.5. The summed E-state index contributed by atoms with van der Waals surface area (Å²) in [5.41, 5.74) is 1.52. The monoisotopic (exact) mass is 591 g/mol. The number of benzene rings is 3. The number of aliphatic hydroxyl groups excluding tert-OH is 2. The Morgan fingerprint density at radius 1 is 0.810 bits per heavy atom. The van der Waals surface area contributed by atoms with Crippen LogP contribution in [0.3, 0.4) is 0 Å². The average Bonchev–Trinajstić information content (AvgIpc) is 3.29. The second-order valence-electron chi connectivity index (χ2n) is 10.9. The van der Waals surface area contributed by atoms with E-state index in [4.69, 9.17) is 4.74 Å². The minimum atomic E-state index is -4.43. The Labute approximate surface area is 241 Å². The molecule has 42 heavy (non-hydrogen) atoms. The minimum Gasteiger partial charge on any atom is -0.394 e. The molecule has 0 bridgehead atoms. The van der Waals surface area contributed by atoms with Gasteiger partial charge < -0.3 is 19.8 Å². The third-order valence-electron chi connectivity index (χ3n) is 7.99. The zero-order chi connectivity index (χ0) is 29.9. The third kappa shape index (κ3) is 7.27. The van der Waals surface area contributed by atoms with Gasteiger partial charge in [0.2, 0.25) is 0 Å². The van der Waals surface area contributed by atoms with Gasteiger partial charge in [-0.25, -0.2) is 8.78 Å². The van der Waals surface area contributed by atoms with Crippen molar-refractivity contribution in [2.75, 3.05) is 44.2 Å². The Bertz CT molecular complexity index is 1250. The van der Waals surface area contributed by atoms with Crippen LogP contribution in [0.1, 0.15) is 16.7 Å². The molecule has 4 atom stereocenters. The highest BCUT2D eigenvalue weighted by Crippen LogP contribution is 2.33. The molecule has 2 N–H and O–H groups in total. The quantitative estimate of drug-likeness (QED) is 0.362.